The SMILES string of the molecule is CN(c1cc(Cl)cc(N(c2ccccc2)S(C)(=O)=O)c1)c1ccc(F)cc1F. The third-order valence-electron chi connectivity index (χ3n) is 4.08. The molecule has 8 heteroatoms. The molecular weight excluding hydrogens is 406 g/mol. The zero-order valence-corrected chi connectivity index (χ0v) is 16.7. The zero-order chi connectivity index (χ0) is 20.5. The van der Waals surface area contributed by atoms with Crippen molar-refractivity contribution in [3.63, 3.8) is 0 Å². The minimum Gasteiger partial charge on any atom is -0.342 e. The van der Waals surface area contributed by atoms with Gasteiger partial charge in [-0.3, -0.25) is 0 Å². The molecule has 0 spiro atoms. The molecule has 3 aromatic carbocycles. The minimum atomic E-state index is -3.68. The molecule has 3 aromatic rings. The van der Waals surface area contributed by atoms with Crippen LogP contribution >= 0.6 is 11.6 Å². The normalized spacial score (nSPS) is 11.3. The Morgan fingerprint density at radius 2 is 1.50 bits per heavy atom. The summed E-state index contributed by atoms with van der Waals surface area (Å²) >= 11 is 6.23. The van der Waals surface area contributed by atoms with Gasteiger partial charge in [0.15, 0.2) is 0 Å². The maximum atomic E-state index is 14.2. The van der Waals surface area contributed by atoms with E-state index in [2.05, 4.69) is 0 Å². The zero-order valence-electron chi connectivity index (χ0n) is 15.1. The molecule has 0 saturated heterocycles. The number of hydrogen-bond acceptors (Lipinski definition) is 3. The average molecular weight is 423 g/mol. The van der Waals surface area contributed by atoms with Crippen molar-refractivity contribution in [2.45, 2.75) is 0 Å². The fraction of sp³-hybridized carbons (Fsp3) is 0.100. The summed E-state index contributed by atoms with van der Waals surface area (Å²) in [6.45, 7) is 0. The van der Waals surface area contributed by atoms with Crippen LogP contribution in [-0.4, -0.2) is 21.7 Å². The molecule has 0 radical (unpaired) electrons. The van der Waals surface area contributed by atoms with Crippen molar-refractivity contribution in [3.8, 4) is 0 Å². The van der Waals surface area contributed by atoms with Crippen molar-refractivity contribution >= 4 is 44.4 Å². The topological polar surface area (TPSA) is 40.6 Å². The Bertz CT molecular complexity index is 1110. The van der Waals surface area contributed by atoms with Crippen LogP contribution in [0, 0.1) is 11.6 Å². The minimum absolute atomic E-state index is 0.125. The summed E-state index contributed by atoms with van der Waals surface area (Å²) in [4.78, 5) is 1.47. The fourth-order valence-electron chi connectivity index (χ4n) is 2.86. The van der Waals surface area contributed by atoms with Gasteiger partial charge >= 0.3 is 0 Å². The quantitative estimate of drug-likeness (QED) is 0.546. The molecule has 0 heterocycles. The van der Waals surface area contributed by atoms with Gasteiger partial charge in [-0.25, -0.2) is 21.5 Å². The molecule has 3 rings (SSSR count). The van der Waals surface area contributed by atoms with Gasteiger partial charge in [0.1, 0.15) is 11.6 Å². The van der Waals surface area contributed by atoms with Gasteiger partial charge in [0, 0.05) is 23.8 Å². The van der Waals surface area contributed by atoms with E-state index in [4.69, 9.17) is 11.6 Å². The highest BCUT2D eigenvalue weighted by Crippen LogP contribution is 2.36. The van der Waals surface area contributed by atoms with Gasteiger partial charge < -0.3 is 4.90 Å². The van der Waals surface area contributed by atoms with E-state index < -0.39 is 21.7 Å². The molecule has 0 aliphatic carbocycles. The van der Waals surface area contributed by atoms with Crippen molar-refractivity contribution < 1.29 is 17.2 Å². The van der Waals surface area contributed by atoms with Gasteiger partial charge in [0.2, 0.25) is 10.0 Å². The number of benzene rings is 3. The van der Waals surface area contributed by atoms with Gasteiger partial charge in [0.25, 0.3) is 0 Å². The standard InChI is InChI=1S/C20H17ClF2N2O2S/c1-24(20-9-8-15(22)12-19(20)23)17-10-14(21)11-18(13-17)25(28(2,26)27)16-6-4-3-5-7-16/h3-13H,1-2H3. The first-order valence-corrected chi connectivity index (χ1v) is 10.4. The van der Waals surface area contributed by atoms with Crippen LogP contribution in [0.5, 0.6) is 0 Å². The van der Waals surface area contributed by atoms with E-state index in [1.54, 1.807) is 49.5 Å². The Labute approximate surface area is 167 Å². The molecule has 0 N–H and O–H groups in total. The smallest absolute Gasteiger partial charge is 0.236 e. The second-order valence-electron chi connectivity index (χ2n) is 6.19. The lowest BCUT2D eigenvalue weighted by molar-refractivity contribution is 0.583. The maximum Gasteiger partial charge on any atom is 0.236 e. The number of nitrogens with zero attached hydrogens (tertiary/aromatic N) is 2. The summed E-state index contributed by atoms with van der Waals surface area (Å²) in [6, 6.07) is 16.4. The predicted octanol–water partition coefficient (Wildman–Crippen LogP) is 5.48. The second kappa shape index (κ2) is 7.77. The molecule has 0 amide bonds. The van der Waals surface area contributed by atoms with Crippen LogP contribution in [-0.2, 0) is 10.0 Å². The number of hydrogen-bond donors (Lipinski definition) is 0. The van der Waals surface area contributed by atoms with Gasteiger partial charge in [-0.05, 0) is 42.5 Å². The third kappa shape index (κ3) is 4.26. The van der Waals surface area contributed by atoms with E-state index in [0.29, 0.717) is 17.1 Å². The van der Waals surface area contributed by atoms with Crippen molar-refractivity contribution in [1.82, 2.24) is 0 Å². The van der Waals surface area contributed by atoms with Gasteiger partial charge in [-0.1, -0.05) is 29.8 Å². The Morgan fingerprint density at radius 1 is 0.857 bits per heavy atom. The van der Waals surface area contributed by atoms with Crippen LogP contribution in [0.2, 0.25) is 5.02 Å². The van der Waals surface area contributed by atoms with Crippen LogP contribution in [0.4, 0.5) is 31.5 Å². The van der Waals surface area contributed by atoms with E-state index in [9.17, 15) is 17.2 Å². The van der Waals surface area contributed by atoms with E-state index in [1.165, 1.54) is 17.0 Å². The number of anilines is 4. The monoisotopic (exact) mass is 422 g/mol. The fourth-order valence-corrected chi connectivity index (χ4v) is 4.07. The van der Waals surface area contributed by atoms with E-state index >= 15 is 0 Å². The maximum absolute atomic E-state index is 14.2. The van der Waals surface area contributed by atoms with E-state index in [1.807, 2.05) is 0 Å². The first-order valence-electron chi connectivity index (χ1n) is 8.21. The number of para-hydroxylation sites is 1. The molecule has 0 aromatic heterocycles. The van der Waals surface area contributed by atoms with Crippen LogP contribution in [0.1, 0.15) is 0 Å². The Morgan fingerprint density at radius 3 is 2.11 bits per heavy atom. The van der Waals surface area contributed by atoms with Crippen LogP contribution in [0.3, 0.4) is 0 Å². The highest BCUT2D eigenvalue weighted by molar-refractivity contribution is 7.92. The molecule has 0 unspecified atom stereocenters. The van der Waals surface area contributed by atoms with Crippen molar-refractivity contribution in [3.05, 3.63) is 83.4 Å². The first-order chi connectivity index (χ1) is 13.2. The lowest BCUT2D eigenvalue weighted by atomic mass is 10.2. The van der Waals surface area contributed by atoms with Crippen LogP contribution in [0.25, 0.3) is 0 Å². The molecule has 0 saturated carbocycles. The molecule has 0 aliphatic rings. The molecule has 146 valence electrons. The molecule has 4 nitrogen and oxygen atoms in total. The lowest BCUT2D eigenvalue weighted by Gasteiger charge is -2.26. The highest BCUT2D eigenvalue weighted by atomic mass is 35.5. The van der Waals surface area contributed by atoms with Crippen LogP contribution in [0.15, 0.2) is 66.7 Å². The number of halogens is 3. The molecule has 0 aliphatic heterocycles. The molecule has 0 bridgehead atoms. The summed E-state index contributed by atoms with van der Waals surface area (Å²) in [5.41, 5.74) is 1.30. The van der Waals surface area contributed by atoms with Gasteiger partial charge in [-0.2, -0.15) is 0 Å². The van der Waals surface area contributed by atoms with Gasteiger partial charge in [0.05, 0.1) is 23.3 Å². The molecule has 28 heavy (non-hydrogen) atoms. The summed E-state index contributed by atoms with van der Waals surface area (Å²) in [6.07, 6.45) is 1.09. The average Bonchev–Trinajstić information content (AvgIpc) is 2.60. The highest BCUT2D eigenvalue weighted by Gasteiger charge is 2.22. The van der Waals surface area contributed by atoms with Crippen molar-refractivity contribution in [1.29, 1.82) is 0 Å². The summed E-state index contributed by atoms with van der Waals surface area (Å²) in [7, 11) is -2.09. The largest absolute Gasteiger partial charge is 0.342 e. The second-order valence-corrected chi connectivity index (χ2v) is 8.45. The molecular formula is C20H17ClF2N2O2S. The Balaban J connectivity index is 2.12. The summed E-state index contributed by atoms with van der Waals surface area (Å²) in [5, 5.41) is 0.270. The van der Waals surface area contributed by atoms with Crippen molar-refractivity contribution in [2.24, 2.45) is 0 Å². The van der Waals surface area contributed by atoms with E-state index in [-0.39, 0.29) is 10.7 Å². The van der Waals surface area contributed by atoms with Gasteiger partial charge in [-0.15, -0.1) is 0 Å². The Hall–Kier alpha value is -2.64. The predicted molar refractivity (Wildman–Crippen MR) is 109 cm³/mol. The third-order valence-corrected chi connectivity index (χ3v) is 5.39. The van der Waals surface area contributed by atoms with Crippen LogP contribution < -0.4 is 9.21 Å². The first kappa shape index (κ1) is 20.1. The van der Waals surface area contributed by atoms with Crippen molar-refractivity contribution in [2.75, 3.05) is 22.5 Å². The lowest BCUT2D eigenvalue weighted by Crippen LogP contribution is -2.25. The number of sulfonamides is 1. The molecule has 0 atom stereocenters. The van der Waals surface area contributed by atoms with E-state index in [0.717, 1.165) is 22.7 Å². The number of rotatable bonds is 5. The Kier molecular flexibility index (Phi) is 5.58. The molecule has 0 fully saturated rings. The summed E-state index contributed by atoms with van der Waals surface area (Å²) in [5.74, 6) is -1.43. The summed E-state index contributed by atoms with van der Waals surface area (Å²) < 4.78 is 53.5.